The lowest BCUT2D eigenvalue weighted by Gasteiger charge is -2.04. The monoisotopic (exact) mass is 467 g/mol. The van der Waals surface area contributed by atoms with Crippen molar-refractivity contribution in [2.45, 2.75) is 20.4 Å². The Bertz CT molecular complexity index is 1150. The number of rotatable bonds is 5. The van der Waals surface area contributed by atoms with Crippen LogP contribution in [0.2, 0.25) is 0 Å². The zero-order chi connectivity index (χ0) is 20.4. The molecule has 6 nitrogen and oxygen atoms in total. The van der Waals surface area contributed by atoms with Gasteiger partial charge in [-0.3, -0.25) is 4.79 Å². The molecule has 0 saturated carbocycles. The molecule has 0 unspecified atom stereocenters. The number of nitrogens with zero attached hydrogens (tertiary/aromatic N) is 4. The van der Waals surface area contributed by atoms with Gasteiger partial charge in [-0.1, -0.05) is 51.5 Å². The topological polar surface area (TPSA) is 72.7 Å². The molecule has 0 spiro atoms. The summed E-state index contributed by atoms with van der Waals surface area (Å²) in [6, 6.07) is 17.7. The summed E-state index contributed by atoms with van der Waals surface area (Å²) in [4.78, 5) is 17.8. The summed E-state index contributed by atoms with van der Waals surface area (Å²) in [6.07, 6.45) is 0. The van der Waals surface area contributed by atoms with E-state index in [1.165, 1.54) is 11.3 Å². The molecular weight excluding hydrogens is 450 g/mol. The number of aryl methyl sites for hydroxylation is 1. The lowest BCUT2D eigenvalue weighted by molar-refractivity contribution is 0.0954. The van der Waals surface area contributed by atoms with Gasteiger partial charge in [-0.2, -0.15) is 0 Å². The molecule has 0 radical (unpaired) electrons. The van der Waals surface area contributed by atoms with Gasteiger partial charge in [0.05, 0.1) is 17.1 Å². The molecule has 0 aliphatic carbocycles. The molecule has 4 rings (SSSR count). The number of carbonyl (C=O) groups is 1. The Morgan fingerprint density at radius 3 is 2.55 bits per heavy atom. The maximum Gasteiger partial charge on any atom is 0.263 e. The molecular formula is C21H18BrN5OS. The maximum absolute atomic E-state index is 12.7. The van der Waals surface area contributed by atoms with Gasteiger partial charge in [-0.25, -0.2) is 9.67 Å². The molecule has 8 heteroatoms. The number of para-hydroxylation sites is 1. The molecule has 2 aromatic heterocycles. The second kappa shape index (κ2) is 8.26. The normalized spacial score (nSPS) is 10.9. The minimum Gasteiger partial charge on any atom is -0.347 e. The van der Waals surface area contributed by atoms with E-state index in [2.05, 4.69) is 36.5 Å². The molecule has 0 aliphatic heterocycles. The number of benzene rings is 2. The van der Waals surface area contributed by atoms with Crippen LogP contribution in [-0.4, -0.2) is 25.9 Å². The summed E-state index contributed by atoms with van der Waals surface area (Å²) >= 11 is 4.75. The molecule has 0 bridgehead atoms. The maximum atomic E-state index is 12.7. The van der Waals surface area contributed by atoms with Gasteiger partial charge in [0.2, 0.25) is 0 Å². The first-order valence-corrected chi connectivity index (χ1v) is 10.6. The van der Waals surface area contributed by atoms with Gasteiger partial charge < -0.3 is 5.32 Å². The van der Waals surface area contributed by atoms with Crippen molar-refractivity contribution in [2.24, 2.45) is 0 Å². The highest BCUT2D eigenvalue weighted by molar-refractivity contribution is 9.10. The standard InChI is InChI=1S/C21H18BrN5OS/c1-13-19(20(28)23-12-15-8-10-16(22)11-9-15)29-21(24-13)18-14(2)27(26-25-18)17-6-4-3-5-7-17/h3-11H,12H2,1-2H3,(H,23,28). The van der Waals surface area contributed by atoms with Gasteiger partial charge in [-0.15, -0.1) is 16.4 Å². The number of aromatic nitrogens is 4. The van der Waals surface area contributed by atoms with Crippen molar-refractivity contribution in [3.05, 3.63) is 80.9 Å². The molecule has 2 heterocycles. The summed E-state index contributed by atoms with van der Waals surface area (Å²) in [5.74, 6) is -0.137. The number of hydrogen-bond acceptors (Lipinski definition) is 5. The Labute approximate surface area is 180 Å². The Kier molecular flexibility index (Phi) is 5.55. The van der Waals surface area contributed by atoms with E-state index in [1.807, 2.05) is 68.4 Å². The van der Waals surface area contributed by atoms with Crippen molar-refractivity contribution in [3.8, 4) is 16.4 Å². The van der Waals surface area contributed by atoms with E-state index >= 15 is 0 Å². The van der Waals surface area contributed by atoms with Gasteiger partial charge >= 0.3 is 0 Å². The van der Waals surface area contributed by atoms with Crippen LogP contribution >= 0.6 is 27.3 Å². The first-order valence-electron chi connectivity index (χ1n) is 9.01. The van der Waals surface area contributed by atoms with Gasteiger partial charge in [0.15, 0.2) is 0 Å². The lowest BCUT2D eigenvalue weighted by atomic mass is 10.2. The Morgan fingerprint density at radius 2 is 1.83 bits per heavy atom. The van der Waals surface area contributed by atoms with Crippen molar-refractivity contribution in [1.29, 1.82) is 0 Å². The molecule has 146 valence electrons. The van der Waals surface area contributed by atoms with E-state index < -0.39 is 0 Å². The number of amides is 1. The smallest absolute Gasteiger partial charge is 0.263 e. The first kappa shape index (κ1) is 19.5. The summed E-state index contributed by atoms with van der Waals surface area (Å²) in [5.41, 5.74) is 4.22. The average molecular weight is 468 g/mol. The van der Waals surface area contributed by atoms with E-state index in [1.54, 1.807) is 4.68 Å². The van der Waals surface area contributed by atoms with Crippen LogP contribution < -0.4 is 5.32 Å². The van der Waals surface area contributed by atoms with Crippen molar-refractivity contribution in [3.63, 3.8) is 0 Å². The third-order valence-corrected chi connectivity index (χ3v) is 6.16. The second-order valence-electron chi connectivity index (χ2n) is 6.51. The van der Waals surface area contributed by atoms with Crippen LogP contribution in [-0.2, 0) is 6.54 Å². The highest BCUT2D eigenvalue weighted by atomic mass is 79.9. The first-order chi connectivity index (χ1) is 14.0. The zero-order valence-corrected chi connectivity index (χ0v) is 18.3. The second-order valence-corrected chi connectivity index (χ2v) is 8.43. The summed E-state index contributed by atoms with van der Waals surface area (Å²) in [5, 5.41) is 12.2. The highest BCUT2D eigenvalue weighted by Gasteiger charge is 2.20. The van der Waals surface area contributed by atoms with E-state index in [-0.39, 0.29) is 5.91 Å². The fourth-order valence-electron chi connectivity index (χ4n) is 2.91. The van der Waals surface area contributed by atoms with Crippen LogP contribution in [0.5, 0.6) is 0 Å². The predicted molar refractivity (Wildman–Crippen MR) is 117 cm³/mol. The van der Waals surface area contributed by atoms with Gasteiger partial charge in [0.1, 0.15) is 15.6 Å². The van der Waals surface area contributed by atoms with Crippen LogP contribution in [0.15, 0.2) is 59.1 Å². The summed E-state index contributed by atoms with van der Waals surface area (Å²) in [7, 11) is 0. The number of thiazole rings is 1. The third-order valence-electron chi connectivity index (χ3n) is 4.47. The van der Waals surface area contributed by atoms with Crippen LogP contribution in [0, 0.1) is 13.8 Å². The minimum atomic E-state index is -0.137. The van der Waals surface area contributed by atoms with Crippen molar-refractivity contribution < 1.29 is 4.79 Å². The van der Waals surface area contributed by atoms with Gasteiger partial charge in [-0.05, 0) is 43.7 Å². The predicted octanol–water partition coefficient (Wildman–Crippen LogP) is 4.70. The molecule has 1 amide bonds. The third kappa shape index (κ3) is 4.13. The Morgan fingerprint density at radius 1 is 1.10 bits per heavy atom. The molecule has 0 atom stereocenters. The van der Waals surface area contributed by atoms with Crippen LogP contribution in [0.3, 0.4) is 0 Å². The highest BCUT2D eigenvalue weighted by Crippen LogP contribution is 2.29. The molecule has 0 fully saturated rings. The van der Waals surface area contributed by atoms with Gasteiger partial charge in [0, 0.05) is 11.0 Å². The number of nitrogens with one attached hydrogen (secondary N) is 1. The van der Waals surface area contributed by atoms with Crippen LogP contribution in [0.4, 0.5) is 0 Å². The largest absolute Gasteiger partial charge is 0.347 e. The Balaban J connectivity index is 1.54. The molecule has 1 N–H and O–H groups in total. The number of carbonyl (C=O) groups excluding carboxylic acids is 1. The fraction of sp³-hybridized carbons (Fsp3) is 0.143. The van der Waals surface area contributed by atoms with Crippen molar-refractivity contribution in [2.75, 3.05) is 0 Å². The van der Waals surface area contributed by atoms with E-state index in [0.29, 0.717) is 27.8 Å². The minimum absolute atomic E-state index is 0.137. The van der Waals surface area contributed by atoms with Crippen LogP contribution in [0.25, 0.3) is 16.4 Å². The molecule has 2 aromatic carbocycles. The molecule has 4 aromatic rings. The SMILES string of the molecule is Cc1nc(-c2nnn(-c3ccccc3)c2C)sc1C(=O)NCc1ccc(Br)cc1. The molecule has 29 heavy (non-hydrogen) atoms. The van der Waals surface area contributed by atoms with E-state index in [9.17, 15) is 4.79 Å². The van der Waals surface area contributed by atoms with Crippen molar-refractivity contribution in [1.82, 2.24) is 25.3 Å². The number of halogens is 1. The fourth-order valence-corrected chi connectivity index (χ4v) is 4.20. The van der Waals surface area contributed by atoms with E-state index in [0.717, 1.165) is 21.4 Å². The van der Waals surface area contributed by atoms with Gasteiger partial charge in [0.25, 0.3) is 5.91 Å². The summed E-state index contributed by atoms with van der Waals surface area (Å²) < 4.78 is 2.79. The number of hydrogen-bond donors (Lipinski definition) is 1. The molecule has 0 saturated heterocycles. The van der Waals surface area contributed by atoms with E-state index in [4.69, 9.17) is 0 Å². The summed E-state index contributed by atoms with van der Waals surface area (Å²) in [6.45, 7) is 4.25. The van der Waals surface area contributed by atoms with Crippen molar-refractivity contribution >= 4 is 33.2 Å². The Hall–Kier alpha value is -2.84. The average Bonchev–Trinajstić information content (AvgIpc) is 3.30. The lowest BCUT2D eigenvalue weighted by Crippen LogP contribution is -2.22. The zero-order valence-electron chi connectivity index (χ0n) is 15.9. The molecule has 0 aliphatic rings. The quantitative estimate of drug-likeness (QED) is 0.461. The van der Waals surface area contributed by atoms with Crippen LogP contribution in [0.1, 0.15) is 26.6 Å².